The van der Waals surface area contributed by atoms with Gasteiger partial charge in [0.2, 0.25) is 5.91 Å². The molecule has 0 heterocycles. The monoisotopic (exact) mass is 322 g/mol. The molecular weight excluding hydrogens is 308 g/mol. The first-order valence-electron chi connectivity index (χ1n) is 7.26. The number of nitrogens with one attached hydrogen (secondary N) is 1. The summed E-state index contributed by atoms with van der Waals surface area (Å²) in [6, 6.07) is 21.2. The molecule has 1 N–H and O–H groups in total. The van der Waals surface area contributed by atoms with Gasteiger partial charge >= 0.3 is 0 Å². The van der Waals surface area contributed by atoms with Gasteiger partial charge < -0.3 is 0 Å². The molecule has 0 unspecified atom stereocenters. The van der Waals surface area contributed by atoms with Gasteiger partial charge in [0, 0.05) is 5.02 Å². The highest BCUT2D eigenvalue weighted by Crippen LogP contribution is 2.18. The number of hydrogen-bond acceptors (Lipinski definition) is 2. The summed E-state index contributed by atoms with van der Waals surface area (Å²) >= 11 is 5.90. The summed E-state index contributed by atoms with van der Waals surface area (Å²) in [6.45, 7) is 0. The molecule has 0 saturated heterocycles. The Morgan fingerprint density at radius 1 is 1.04 bits per heavy atom. The number of rotatable bonds is 4. The summed E-state index contributed by atoms with van der Waals surface area (Å²) in [4.78, 5) is 12.1. The number of nitrogens with zero attached hydrogens (tertiary/aromatic N) is 1. The molecule has 0 aliphatic rings. The van der Waals surface area contributed by atoms with Crippen molar-refractivity contribution in [1.29, 1.82) is 0 Å². The molecule has 0 aromatic heterocycles. The lowest BCUT2D eigenvalue weighted by atomic mass is 10.0. The number of fused-ring (bicyclic) bond motifs is 1. The largest absolute Gasteiger partial charge is 0.273 e. The van der Waals surface area contributed by atoms with Crippen LogP contribution in [0.15, 0.2) is 71.8 Å². The van der Waals surface area contributed by atoms with Crippen LogP contribution in [-0.4, -0.2) is 12.1 Å². The van der Waals surface area contributed by atoms with Crippen molar-refractivity contribution < 1.29 is 4.79 Å². The second kappa shape index (κ2) is 7.07. The van der Waals surface area contributed by atoms with E-state index in [9.17, 15) is 4.79 Å². The van der Waals surface area contributed by atoms with Gasteiger partial charge in [-0.3, -0.25) is 4.79 Å². The van der Waals surface area contributed by atoms with Crippen molar-refractivity contribution in [3.63, 3.8) is 0 Å². The molecule has 1 amide bonds. The molecule has 0 saturated carbocycles. The molecule has 3 nitrogen and oxygen atoms in total. The van der Waals surface area contributed by atoms with Crippen molar-refractivity contribution in [2.75, 3.05) is 0 Å². The molecule has 0 aliphatic carbocycles. The van der Waals surface area contributed by atoms with Gasteiger partial charge in [0.15, 0.2) is 0 Å². The number of halogens is 1. The molecule has 0 bridgehead atoms. The SMILES string of the molecule is O=C(Cc1cccc2ccccc12)NN=Cc1cccc(Cl)c1. The van der Waals surface area contributed by atoms with Crippen molar-refractivity contribution in [2.45, 2.75) is 6.42 Å². The average molecular weight is 323 g/mol. The van der Waals surface area contributed by atoms with E-state index < -0.39 is 0 Å². The maximum atomic E-state index is 12.1. The number of hydrogen-bond donors (Lipinski definition) is 1. The molecule has 0 fully saturated rings. The highest BCUT2D eigenvalue weighted by atomic mass is 35.5. The molecule has 0 atom stereocenters. The van der Waals surface area contributed by atoms with Crippen LogP contribution >= 0.6 is 11.6 Å². The van der Waals surface area contributed by atoms with Crippen LogP contribution in [0.5, 0.6) is 0 Å². The number of carbonyl (C=O) groups excluding carboxylic acids is 1. The number of hydrazone groups is 1. The van der Waals surface area contributed by atoms with Crippen LogP contribution in [0.2, 0.25) is 5.02 Å². The Hall–Kier alpha value is -2.65. The summed E-state index contributed by atoms with van der Waals surface area (Å²) in [5, 5.41) is 6.82. The van der Waals surface area contributed by atoms with Crippen LogP contribution in [0, 0.1) is 0 Å². The van der Waals surface area contributed by atoms with Gasteiger partial charge in [0.05, 0.1) is 12.6 Å². The molecular formula is C19H15ClN2O. The Balaban J connectivity index is 1.67. The van der Waals surface area contributed by atoms with Crippen molar-refractivity contribution in [3.05, 3.63) is 82.9 Å². The Morgan fingerprint density at radius 2 is 1.83 bits per heavy atom. The Labute approximate surface area is 139 Å². The molecule has 23 heavy (non-hydrogen) atoms. The van der Waals surface area contributed by atoms with Gasteiger partial charge in [-0.2, -0.15) is 5.10 Å². The highest BCUT2D eigenvalue weighted by Gasteiger charge is 2.05. The third-order valence-corrected chi connectivity index (χ3v) is 3.72. The third kappa shape index (κ3) is 3.96. The van der Waals surface area contributed by atoms with Crippen molar-refractivity contribution in [2.24, 2.45) is 5.10 Å². The van der Waals surface area contributed by atoms with E-state index in [-0.39, 0.29) is 12.3 Å². The predicted molar refractivity (Wildman–Crippen MR) is 94.8 cm³/mol. The van der Waals surface area contributed by atoms with E-state index in [4.69, 9.17) is 11.6 Å². The maximum Gasteiger partial charge on any atom is 0.244 e. The fourth-order valence-electron chi connectivity index (χ4n) is 2.42. The summed E-state index contributed by atoms with van der Waals surface area (Å²) in [7, 11) is 0. The van der Waals surface area contributed by atoms with E-state index in [1.807, 2.05) is 54.6 Å². The van der Waals surface area contributed by atoms with Gasteiger partial charge in [0.1, 0.15) is 0 Å². The lowest BCUT2D eigenvalue weighted by Crippen LogP contribution is -2.19. The first kappa shape index (κ1) is 15.3. The molecule has 0 aliphatic heterocycles. The fourth-order valence-corrected chi connectivity index (χ4v) is 2.62. The van der Waals surface area contributed by atoms with Crippen molar-refractivity contribution in [1.82, 2.24) is 5.43 Å². The first-order chi connectivity index (χ1) is 11.2. The maximum absolute atomic E-state index is 12.1. The van der Waals surface area contributed by atoms with Gasteiger partial charge in [0.25, 0.3) is 0 Å². The normalized spacial score (nSPS) is 11.0. The third-order valence-electron chi connectivity index (χ3n) is 3.48. The molecule has 4 heteroatoms. The molecule has 3 aromatic carbocycles. The van der Waals surface area contributed by atoms with E-state index in [1.54, 1.807) is 18.3 Å². The van der Waals surface area contributed by atoms with Crippen LogP contribution in [0.25, 0.3) is 10.8 Å². The van der Waals surface area contributed by atoms with Gasteiger partial charge in [-0.1, -0.05) is 66.2 Å². The van der Waals surface area contributed by atoms with Crippen LogP contribution in [0.4, 0.5) is 0 Å². The van der Waals surface area contributed by atoms with E-state index in [0.29, 0.717) is 5.02 Å². The van der Waals surface area contributed by atoms with E-state index >= 15 is 0 Å². The van der Waals surface area contributed by atoms with Crippen LogP contribution < -0.4 is 5.43 Å². The van der Waals surface area contributed by atoms with Crippen molar-refractivity contribution >= 4 is 34.5 Å². The second-order valence-electron chi connectivity index (χ2n) is 5.16. The quantitative estimate of drug-likeness (QED) is 0.568. The summed E-state index contributed by atoms with van der Waals surface area (Å²) in [5.74, 6) is -0.153. The molecule has 3 rings (SSSR count). The second-order valence-corrected chi connectivity index (χ2v) is 5.60. The zero-order chi connectivity index (χ0) is 16.1. The van der Waals surface area contributed by atoms with Crippen LogP contribution in [0.1, 0.15) is 11.1 Å². The number of benzene rings is 3. The zero-order valence-electron chi connectivity index (χ0n) is 12.4. The summed E-state index contributed by atoms with van der Waals surface area (Å²) in [5.41, 5.74) is 4.37. The molecule has 3 aromatic rings. The van der Waals surface area contributed by atoms with Crippen LogP contribution in [-0.2, 0) is 11.2 Å². The van der Waals surface area contributed by atoms with E-state index in [2.05, 4.69) is 10.5 Å². The first-order valence-corrected chi connectivity index (χ1v) is 7.64. The fraction of sp³-hybridized carbons (Fsp3) is 0.0526. The van der Waals surface area contributed by atoms with Gasteiger partial charge in [-0.25, -0.2) is 5.43 Å². The van der Waals surface area contributed by atoms with E-state index in [0.717, 1.165) is 21.9 Å². The minimum Gasteiger partial charge on any atom is -0.273 e. The lowest BCUT2D eigenvalue weighted by Gasteiger charge is -2.05. The standard InChI is InChI=1S/C19H15ClN2O/c20-17-9-3-5-14(11-17)13-21-22-19(23)12-16-8-4-7-15-6-1-2-10-18(15)16/h1-11,13H,12H2,(H,22,23). The Morgan fingerprint density at radius 3 is 2.70 bits per heavy atom. The Bertz CT molecular complexity index is 869. The zero-order valence-corrected chi connectivity index (χ0v) is 13.1. The van der Waals surface area contributed by atoms with Gasteiger partial charge in [-0.15, -0.1) is 0 Å². The molecule has 114 valence electrons. The van der Waals surface area contributed by atoms with E-state index in [1.165, 1.54) is 0 Å². The molecule has 0 radical (unpaired) electrons. The number of amides is 1. The smallest absolute Gasteiger partial charge is 0.244 e. The van der Waals surface area contributed by atoms with Crippen LogP contribution in [0.3, 0.4) is 0 Å². The summed E-state index contributed by atoms with van der Waals surface area (Å²) < 4.78 is 0. The minimum absolute atomic E-state index is 0.153. The van der Waals surface area contributed by atoms with Gasteiger partial charge in [-0.05, 0) is 34.0 Å². The predicted octanol–water partition coefficient (Wildman–Crippen LogP) is 4.19. The lowest BCUT2D eigenvalue weighted by molar-refractivity contribution is -0.120. The minimum atomic E-state index is -0.153. The van der Waals surface area contributed by atoms with Crippen molar-refractivity contribution in [3.8, 4) is 0 Å². The average Bonchev–Trinajstić information content (AvgIpc) is 2.55. The Kier molecular flexibility index (Phi) is 4.69. The topological polar surface area (TPSA) is 41.5 Å². The molecule has 0 spiro atoms. The highest BCUT2D eigenvalue weighted by molar-refractivity contribution is 6.30. The summed E-state index contributed by atoms with van der Waals surface area (Å²) in [6.07, 6.45) is 1.86. The number of carbonyl (C=O) groups is 1.